The first-order valence-corrected chi connectivity index (χ1v) is 4.31. The molecule has 0 amide bonds. The van der Waals surface area contributed by atoms with Crippen molar-refractivity contribution in [3.8, 4) is 0 Å². The van der Waals surface area contributed by atoms with Crippen molar-refractivity contribution in [2.24, 2.45) is 0 Å². The normalized spacial score (nSPS) is 45.5. The Morgan fingerprint density at radius 1 is 1.46 bits per heavy atom. The molecular weight excluding hydrogens is 176 g/mol. The highest BCUT2D eigenvalue weighted by atomic mass is 16.7. The Morgan fingerprint density at radius 3 is 2.31 bits per heavy atom. The fraction of sp³-hybridized carbons (Fsp3) is 1.00. The van der Waals surface area contributed by atoms with Gasteiger partial charge in [0, 0.05) is 7.11 Å². The van der Waals surface area contributed by atoms with Crippen molar-refractivity contribution in [1.82, 2.24) is 0 Å². The van der Waals surface area contributed by atoms with Crippen LogP contribution in [0.5, 0.6) is 0 Å². The van der Waals surface area contributed by atoms with Gasteiger partial charge in [-0.25, -0.2) is 0 Å². The summed E-state index contributed by atoms with van der Waals surface area (Å²) in [4.78, 5) is 0. The van der Waals surface area contributed by atoms with Gasteiger partial charge < -0.3 is 24.8 Å². The third kappa shape index (κ3) is 1.58. The summed E-state index contributed by atoms with van der Waals surface area (Å²) in [6.07, 6.45) is -2.13. The third-order valence-corrected chi connectivity index (χ3v) is 2.47. The van der Waals surface area contributed by atoms with Crippen LogP contribution in [0.2, 0.25) is 0 Å². The van der Waals surface area contributed by atoms with Gasteiger partial charge in [0.1, 0.15) is 18.8 Å². The summed E-state index contributed by atoms with van der Waals surface area (Å²) in [5, 5.41) is 28.0. The predicted molar refractivity (Wildman–Crippen MR) is 44.0 cm³/mol. The molecular formula is C8H16O5. The number of aliphatic hydroxyl groups excluding tert-OH is 3. The number of aliphatic hydroxyl groups is 3. The fourth-order valence-electron chi connectivity index (χ4n) is 1.55. The van der Waals surface area contributed by atoms with Crippen LogP contribution in [0.3, 0.4) is 0 Å². The van der Waals surface area contributed by atoms with Crippen molar-refractivity contribution >= 4 is 0 Å². The molecule has 0 bridgehead atoms. The van der Waals surface area contributed by atoms with Gasteiger partial charge in [0.05, 0.1) is 6.10 Å². The van der Waals surface area contributed by atoms with Gasteiger partial charge in [-0.15, -0.1) is 0 Å². The first kappa shape index (κ1) is 10.9. The van der Waals surface area contributed by atoms with Gasteiger partial charge in [0.2, 0.25) is 5.79 Å². The summed E-state index contributed by atoms with van der Waals surface area (Å²) in [5.74, 6) is -1.46. The molecule has 0 radical (unpaired) electrons. The van der Waals surface area contributed by atoms with Crippen LogP contribution in [0.25, 0.3) is 0 Å². The zero-order chi connectivity index (χ0) is 10.1. The molecule has 0 unspecified atom stereocenters. The molecule has 5 heteroatoms. The van der Waals surface area contributed by atoms with Crippen LogP contribution in [0.15, 0.2) is 0 Å². The van der Waals surface area contributed by atoms with Gasteiger partial charge >= 0.3 is 0 Å². The van der Waals surface area contributed by atoms with E-state index in [4.69, 9.17) is 14.6 Å². The minimum absolute atomic E-state index is 0.474. The molecule has 0 aliphatic carbocycles. The standard InChI is InChI=1S/C8H16O5/c1-3-5-6(10)7(11)8(4-9,12-2)13-5/h5-7,9-11H,3-4H2,1-2H3/t5-,6+,7+,8-/m1/s1. The third-order valence-electron chi connectivity index (χ3n) is 2.47. The number of hydrogen-bond donors (Lipinski definition) is 3. The maximum absolute atomic E-state index is 9.55. The molecule has 1 aliphatic rings. The molecule has 4 atom stereocenters. The number of hydrogen-bond acceptors (Lipinski definition) is 5. The SMILES string of the molecule is CC[C@H]1O[C@@](CO)(OC)[C@@H](O)[C@H]1O. The first-order valence-electron chi connectivity index (χ1n) is 4.31. The van der Waals surface area contributed by atoms with Gasteiger partial charge in [-0.1, -0.05) is 6.92 Å². The fourth-order valence-corrected chi connectivity index (χ4v) is 1.55. The van der Waals surface area contributed by atoms with Crippen LogP contribution in [0.1, 0.15) is 13.3 Å². The zero-order valence-electron chi connectivity index (χ0n) is 7.80. The Kier molecular flexibility index (Phi) is 3.26. The maximum atomic E-state index is 9.55. The van der Waals surface area contributed by atoms with Crippen molar-refractivity contribution in [3.63, 3.8) is 0 Å². The Bertz CT molecular complexity index is 168. The van der Waals surface area contributed by atoms with Crippen molar-refractivity contribution in [2.45, 2.75) is 37.4 Å². The smallest absolute Gasteiger partial charge is 0.221 e. The molecule has 0 aromatic heterocycles. The molecule has 1 saturated heterocycles. The molecule has 0 aromatic carbocycles. The monoisotopic (exact) mass is 192 g/mol. The van der Waals surface area contributed by atoms with E-state index in [0.29, 0.717) is 6.42 Å². The van der Waals surface area contributed by atoms with E-state index in [1.807, 2.05) is 6.92 Å². The highest BCUT2D eigenvalue weighted by molar-refractivity contribution is 4.95. The summed E-state index contributed by atoms with van der Waals surface area (Å²) in [5.41, 5.74) is 0. The molecule has 0 aromatic rings. The van der Waals surface area contributed by atoms with E-state index in [1.54, 1.807) is 0 Å². The average molecular weight is 192 g/mol. The lowest BCUT2D eigenvalue weighted by atomic mass is 10.0. The van der Waals surface area contributed by atoms with Gasteiger partial charge in [0.15, 0.2) is 0 Å². The maximum Gasteiger partial charge on any atom is 0.221 e. The molecule has 3 N–H and O–H groups in total. The molecule has 0 spiro atoms. The van der Waals surface area contributed by atoms with Gasteiger partial charge in [-0.2, -0.15) is 0 Å². The minimum atomic E-state index is -1.46. The lowest BCUT2D eigenvalue weighted by Gasteiger charge is -2.27. The van der Waals surface area contributed by atoms with E-state index in [1.165, 1.54) is 7.11 Å². The Hall–Kier alpha value is -0.200. The Morgan fingerprint density at radius 2 is 2.08 bits per heavy atom. The van der Waals surface area contributed by atoms with E-state index in [0.717, 1.165) is 0 Å². The van der Waals surface area contributed by atoms with E-state index in [2.05, 4.69) is 0 Å². The lowest BCUT2D eigenvalue weighted by Crippen LogP contribution is -2.47. The van der Waals surface area contributed by atoms with Crippen LogP contribution >= 0.6 is 0 Å². The number of methoxy groups -OCH3 is 1. The van der Waals surface area contributed by atoms with Gasteiger partial charge in [0.25, 0.3) is 0 Å². The van der Waals surface area contributed by atoms with Gasteiger partial charge in [-0.3, -0.25) is 0 Å². The van der Waals surface area contributed by atoms with Crippen LogP contribution in [-0.2, 0) is 9.47 Å². The number of rotatable bonds is 3. The summed E-state index contributed by atoms with van der Waals surface area (Å²) in [7, 11) is 1.32. The second-order valence-corrected chi connectivity index (χ2v) is 3.17. The van der Waals surface area contributed by atoms with Crippen LogP contribution < -0.4 is 0 Å². The van der Waals surface area contributed by atoms with Crippen LogP contribution in [0.4, 0.5) is 0 Å². The minimum Gasteiger partial charge on any atom is -0.391 e. The van der Waals surface area contributed by atoms with Crippen molar-refractivity contribution < 1.29 is 24.8 Å². The summed E-state index contributed by atoms with van der Waals surface area (Å²) in [6, 6.07) is 0. The van der Waals surface area contributed by atoms with Crippen LogP contribution in [0, 0.1) is 0 Å². The first-order chi connectivity index (χ1) is 6.11. The van der Waals surface area contributed by atoms with Crippen molar-refractivity contribution in [2.75, 3.05) is 13.7 Å². The summed E-state index contributed by atoms with van der Waals surface area (Å²) in [6.45, 7) is 1.35. The molecule has 0 saturated carbocycles. The largest absolute Gasteiger partial charge is 0.391 e. The predicted octanol–water partition coefficient (Wildman–Crippen LogP) is -1.15. The van der Waals surface area contributed by atoms with Crippen molar-refractivity contribution in [3.05, 3.63) is 0 Å². The van der Waals surface area contributed by atoms with Crippen molar-refractivity contribution in [1.29, 1.82) is 0 Å². The Labute approximate surface area is 76.9 Å². The molecule has 78 valence electrons. The van der Waals surface area contributed by atoms with E-state index >= 15 is 0 Å². The molecule has 5 nitrogen and oxygen atoms in total. The molecule has 1 fully saturated rings. The quantitative estimate of drug-likeness (QED) is 0.526. The van der Waals surface area contributed by atoms with E-state index in [-0.39, 0.29) is 0 Å². The summed E-state index contributed by atoms with van der Waals surface area (Å²) >= 11 is 0. The van der Waals surface area contributed by atoms with Gasteiger partial charge in [-0.05, 0) is 6.42 Å². The second-order valence-electron chi connectivity index (χ2n) is 3.17. The highest BCUT2D eigenvalue weighted by Crippen LogP contribution is 2.32. The molecule has 1 aliphatic heterocycles. The zero-order valence-corrected chi connectivity index (χ0v) is 7.80. The molecule has 13 heavy (non-hydrogen) atoms. The molecule has 1 heterocycles. The number of ether oxygens (including phenoxy) is 2. The van der Waals surface area contributed by atoms with E-state index < -0.39 is 30.7 Å². The van der Waals surface area contributed by atoms with E-state index in [9.17, 15) is 10.2 Å². The Balaban J connectivity index is 2.79. The van der Waals surface area contributed by atoms with Crippen LogP contribution in [-0.4, -0.2) is 53.1 Å². The summed E-state index contributed by atoms with van der Waals surface area (Å²) < 4.78 is 10.1. The lowest BCUT2D eigenvalue weighted by molar-refractivity contribution is -0.261. The topological polar surface area (TPSA) is 79.2 Å². The highest BCUT2D eigenvalue weighted by Gasteiger charge is 2.53. The molecule has 1 rings (SSSR count). The average Bonchev–Trinajstić information content (AvgIpc) is 2.42. The second kappa shape index (κ2) is 3.89.